The molecular formula is C24H31N3O4. The number of hydrazine groups is 1. The van der Waals surface area contributed by atoms with E-state index in [9.17, 15) is 14.4 Å². The zero-order chi connectivity index (χ0) is 22.5. The second kappa shape index (κ2) is 9.81. The van der Waals surface area contributed by atoms with Crippen molar-refractivity contribution in [1.29, 1.82) is 0 Å². The Bertz CT molecular complexity index is 979. The fraction of sp³-hybridized carbons (Fsp3) is 0.458. The molecule has 2 aromatic rings. The van der Waals surface area contributed by atoms with Crippen molar-refractivity contribution < 1.29 is 19.1 Å². The zero-order valence-corrected chi connectivity index (χ0v) is 18.8. The van der Waals surface area contributed by atoms with Gasteiger partial charge in [-0.3, -0.25) is 9.59 Å². The first-order chi connectivity index (χ1) is 14.9. The highest BCUT2D eigenvalue weighted by Crippen LogP contribution is 2.29. The molecule has 2 amide bonds. The molecule has 0 spiro atoms. The van der Waals surface area contributed by atoms with Gasteiger partial charge in [-0.15, -0.1) is 0 Å². The van der Waals surface area contributed by atoms with Gasteiger partial charge in [0.2, 0.25) is 0 Å². The SMILES string of the molecule is CCCCN1C(=O)C(=Cc2cn(C(C)C(=O)OC)c3ccccc23)C(=O)N1CCCC. The summed E-state index contributed by atoms with van der Waals surface area (Å²) in [5, 5.41) is 4.05. The lowest BCUT2D eigenvalue weighted by Gasteiger charge is -2.27. The van der Waals surface area contributed by atoms with Crippen molar-refractivity contribution in [3.05, 3.63) is 41.6 Å². The van der Waals surface area contributed by atoms with E-state index in [-0.39, 0.29) is 23.4 Å². The highest BCUT2D eigenvalue weighted by molar-refractivity contribution is 6.25. The predicted octanol–water partition coefficient (Wildman–Crippen LogP) is 3.94. The van der Waals surface area contributed by atoms with Gasteiger partial charge in [0, 0.05) is 35.8 Å². The number of carbonyl (C=O) groups excluding carboxylic acids is 3. The molecule has 1 fully saturated rings. The molecule has 31 heavy (non-hydrogen) atoms. The number of nitrogens with zero attached hydrogens (tertiary/aromatic N) is 3. The van der Waals surface area contributed by atoms with Gasteiger partial charge in [0.15, 0.2) is 0 Å². The molecular weight excluding hydrogens is 394 g/mol. The van der Waals surface area contributed by atoms with E-state index in [1.165, 1.54) is 7.11 Å². The molecule has 7 nitrogen and oxygen atoms in total. The molecule has 0 N–H and O–H groups in total. The van der Waals surface area contributed by atoms with Gasteiger partial charge in [-0.05, 0) is 31.9 Å². The lowest BCUT2D eigenvalue weighted by molar-refractivity contribution is -0.147. The third-order valence-corrected chi connectivity index (χ3v) is 5.70. The molecule has 1 aliphatic heterocycles. The summed E-state index contributed by atoms with van der Waals surface area (Å²) in [6.07, 6.45) is 7.04. The van der Waals surface area contributed by atoms with E-state index < -0.39 is 6.04 Å². The minimum Gasteiger partial charge on any atom is -0.467 e. The fourth-order valence-electron chi connectivity index (χ4n) is 3.88. The highest BCUT2D eigenvalue weighted by Gasteiger charge is 2.40. The first-order valence-electron chi connectivity index (χ1n) is 11.0. The van der Waals surface area contributed by atoms with Crippen LogP contribution >= 0.6 is 0 Å². The first-order valence-corrected chi connectivity index (χ1v) is 11.0. The maximum Gasteiger partial charge on any atom is 0.328 e. The summed E-state index contributed by atoms with van der Waals surface area (Å²) in [5.41, 5.74) is 1.74. The van der Waals surface area contributed by atoms with Crippen LogP contribution in [0.4, 0.5) is 0 Å². The van der Waals surface area contributed by atoms with Crippen LogP contribution in [-0.2, 0) is 19.1 Å². The maximum absolute atomic E-state index is 13.1. The molecule has 0 bridgehead atoms. The molecule has 0 aliphatic carbocycles. The Hall–Kier alpha value is -3.09. The van der Waals surface area contributed by atoms with Crippen molar-refractivity contribution in [2.24, 2.45) is 0 Å². The number of rotatable bonds is 9. The number of hydrogen-bond acceptors (Lipinski definition) is 4. The second-order valence-corrected chi connectivity index (χ2v) is 7.83. The largest absolute Gasteiger partial charge is 0.467 e. The quantitative estimate of drug-likeness (QED) is 0.347. The summed E-state index contributed by atoms with van der Waals surface area (Å²) in [4.78, 5) is 38.4. The molecule has 2 heterocycles. The molecule has 1 aromatic heterocycles. The Morgan fingerprint density at radius 3 is 2.16 bits per heavy atom. The molecule has 7 heteroatoms. The molecule has 1 unspecified atom stereocenters. The number of unbranched alkanes of at least 4 members (excludes halogenated alkanes) is 2. The number of para-hydroxylation sites is 1. The minimum absolute atomic E-state index is 0.167. The van der Waals surface area contributed by atoms with E-state index in [1.54, 1.807) is 23.0 Å². The second-order valence-electron chi connectivity index (χ2n) is 7.83. The molecule has 3 rings (SSSR count). The molecule has 0 saturated carbocycles. The van der Waals surface area contributed by atoms with Gasteiger partial charge in [0.05, 0.1) is 7.11 Å². The van der Waals surface area contributed by atoms with Crippen molar-refractivity contribution in [3.63, 3.8) is 0 Å². The van der Waals surface area contributed by atoms with E-state index in [0.29, 0.717) is 13.1 Å². The van der Waals surface area contributed by atoms with Gasteiger partial charge in [0.25, 0.3) is 11.8 Å². The van der Waals surface area contributed by atoms with Crippen LogP contribution in [0.2, 0.25) is 0 Å². The van der Waals surface area contributed by atoms with Crippen LogP contribution in [0.25, 0.3) is 17.0 Å². The average Bonchev–Trinajstić information content (AvgIpc) is 3.26. The van der Waals surface area contributed by atoms with Gasteiger partial charge < -0.3 is 9.30 Å². The third-order valence-electron chi connectivity index (χ3n) is 5.70. The van der Waals surface area contributed by atoms with Crippen molar-refractivity contribution in [2.75, 3.05) is 20.2 Å². The van der Waals surface area contributed by atoms with Crippen LogP contribution in [0.15, 0.2) is 36.0 Å². The smallest absolute Gasteiger partial charge is 0.328 e. The number of carbonyl (C=O) groups is 3. The topological polar surface area (TPSA) is 71.9 Å². The van der Waals surface area contributed by atoms with Gasteiger partial charge in [-0.2, -0.15) is 0 Å². The number of hydrogen-bond donors (Lipinski definition) is 0. The maximum atomic E-state index is 13.1. The Labute approximate surface area is 183 Å². The summed E-state index contributed by atoms with van der Waals surface area (Å²) in [5.74, 6) is -0.871. The van der Waals surface area contributed by atoms with Crippen molar-refractivity contribution >= 4 is 34.8 Å². The van der Waals surface area contributed by atoms with Crippen LogP contribution in [0, 0.1) is 0 Å². The van der Waals surface area contributed by atoms with Crippen LogP contribution < -0.4 is 0 Å². The van der Waals surface area contributed by atoms with E-state index >= 15 is 0 Å². The zero-order valence-electron chi connectivity index (χ0n) is 18.8. The van der Waals surface area contributed by atoms with Gasteiger partial charge >= 0.3 is 5.97 Å². The third kappa shape index (κ3) is 4.36. The molecule has 166 valence electrons. The number of esters is 1. The van der Waals surface area contributed by atoms with Crippen LogP contribution in [0.3, 0.4) is 0 Å². The lowest BCUT2D eigenvalue weighted by atomic mass is 10.1. The Morgan fingerprint density at radius 2 is 1.61 bits per heavy atom. The number of fused-ring (bicyclic) bond motifs is 1. The normalized spacial score (nSPS) is 15.2. The number of ether oxygens (including phenoxy) is 1. The summed E-state index contributed by atoms with van der Waals surface area (Å²) in [6.45, 7) is 6.95. The minimum atomic E-state index is -0.529. The standard InChI is InChI=1S/C24H31N3O4/c1-5-7-13-26-22(28)20(23(29)27(26)14-8-6-2)15-18-16-25(17(3)24(30)31-4)21-12-10-9-11-19(18)21/h9-12,15-17H,5-8,13-14H2,1-4H3. The molecule has 1 saturated heterocycles. The number of benzene rings is 1. The lowest BCUT2D eigenvalue weighted by Crippen LogP contribution is -2.42. The van der Waals surface area contributed by atoms with Gasteiger partial charge in [-0.1, -0.05) is 44.9 Å². The van der Waals surface area contributed by atoms with Crippen molar-refractivity contribution in [3.8, 4) is 0 Å². The van der Waals surface area contributed by atoms with Crippen molar-refractivity contribution in [2.45, 2.75) is 52.5 Å². The number of aromatic nitrogens is 1. The van der Waals surface area contributed by atoms with Crippen LogP contribution in [-0.4, -0.2) is 52.6 Å². The number of methoxy groups -OCH3 is 1. The molecule has 0 radical (unpaired) electrons. The Morgan fingerprint density at radius 1 is 1.03 bits per heavy atom. The monoisotopic (exact) mass is 425 g/mol. The predicted molar refractivity (Wildman–Crippen MR) is 120 cm³/mol. The fourth-order valence-corrected chi connectivity index (χ4v) is 3.88. The summed E-state index contributed by atoms with van der Waals surface area (Å²) < 4.78 is 6.72. The van der Waals surface area contributed by atoms with Crippen LogP contribution in [0.5, 0.6) is 0 Å². The van der Waals surface area contributed by atoms with Crippen molar-refractivity contribution in [1.82, 2.24) is 14.6 Å². The summed E-state index contributed by atoms with van der Waals surface area (Å²) in [7, 11) is 1.36. The summed E-state index contributed by atoms with van der Waals surface area (Å²) in [6, 6.07) is 7.10. The van der Waals surface area contributed by atoms with E-state index in [0.717, 1.165) is 42.1 Å². The Balaban J connectivity index is 2.04. The Kier molecular flexibility index (Phi) is 7.15. The van der Waals surface area contributed by atoms with Gasteiger partial charge in [0.1, 0.15) is 11.6 Å². The molecule has 1 aromatic carbocycles. The van der Waals surface area contributed by atoms with E-state index in [1.807, 2.05) is 35.0 Å². The average molecular weight is 426 g/mol. The highest BCUT2D eigenvalue weighted by atomic mass is 16.5. The van der Waals surface area contributed by atoms with E-state index in [2.05, 4.69) is 13.8 Å². The first kappa shape index (κ1) is 22.6. The molecule has 1 aliphatic rings. The molecule has 1 atom stereocenters. The summed E-state index contributed by atoms with van der Waals surface area (Å²) >= 11 is 0. The van der Waals surface area contributed by atoms with Crippen LogP contribution in [0.1, 0.15) is 58.1 Å². The van der Waals surface area contributed by atoms with Gasteiger partial charge in [-0.25, -0.2) is 14.8 Å². The van der Waals surface area contributed by atoms with E-state index in [4.69, 9.17) is 4.74 Å². The number of amides is 2.